The largest absolute Gasteiger partial charge is 0.492 e. The van der Waals surface area contributed by atoms with Crippen molar-refractivity contribution in [3.8, 4) is 11.4 Å². The van der Waals surface area contributed by atoms with E-state index in [4.69, 9.17) is 9.73 Å². The molecule has 178 valence electrons. The molecule has 1 heterocycles. The SMILES string of the molecule is CCNC(=NCc1cccc(OCCN(C)C)c1)NCCc1ccc(-n2cccn2)cc1.I. The van der Waals surface area contributed by atoms with E-state index in [1.165, 1.54) is 5.56 Å². The van der Waals surface area contributed by atoms with Crippen LogP contribution in [0.3, 0.4) is 0 Å². The van der Waals surface area contributed by atoms with Crippen molar-refractivity contribution < 1.29 is 4.74 Å². The lowest BCUT2D eigenvalue weighted by atomic mass is 10.1. The summed E-state index contributed by atoms with van der Waals surface area (Å²) in [6, 6.07) is 18.5. The van der Waals surface area contributed by atoms with Crippen LogP contribution in [0.5, 0.6) is 5.75 Å². The third-order valence-electron chi connectivity index (χ3n) is 4.88. The molecule has 0 atom stereocenters. The first-order valence-corrected chi connectivity index (χ1v) is 11.1. The monoisotopic (exact) mass is 562 g/mol. The third-order valence-corrected chi connectivity index (χ3v) is 4.88. The molecule has 2 aromatic carbocycles. The summed E-state index contributed by atoms with van der Waals surface area (Å²) in [7, 11) is 4.08. The molecule has 0 spiro atoms. The van der Waals surface area contributed by atoms with Gasteiger partial charge in [0.25, 0.3) is 0 Å². The number of rotatable bonds is 11. The molecule has 0 saturated carbocycles. The number of nitrogens with zero attached hydrogens (tertiary/aromatic N) is 4. The highest BCUT2D eigenvalue weighted by Gasteiger charge is 2.02. The average molecular weight is 563 g/mol. The molecule has 2 N–H and O–H groups in total. The molecule has 7 nitrogen and oxygen atoms in total. The molecule has 3 rings (SSSR count). The van der Waals surface area contributed by atoms with E-state index in [9.17, 15) is 0 Å². The molecule has 0 radical (unpaired) electrons. The number of likely N-dealkylation sites (N-methyl/N-ethyl adjacent to an activating group) is 1. The van der Waals surface area contributed by atoms with Gasteiger partial charge in [0.15, 0.2) is 5.96 Å². The fourth-order valence-corrected chi connectivity index (χ4v) is 3.15. The van der Waals surface area contributed by atoms with Gasteiger partial charge in [0.1, 0.15) is 12.4 Å². The Morgan fingerprint density at radius 3 is 2.58 bits per heavy atom. The maximum absolute atomic E-state index is 5.83. The maximum atomic E-state index is 5.83. The molecule has 1 aromatic heterocycles. The van der Waals surface area contributed by atoms with Gasteiger partial charge < -0.3 is 20.3 Å². The second-order valence-electron chi connectivity index (χ2n) is 7.79. The number of aromatic nitrogens is 2. The van der Waals surface area contributed by atoms with Crippen LogP contribution < -0.4 is 15.4 Å². The molecule has 3 aromatic rings. The zero-order valence-corrected chi connectivity index (χ0v) is 22.0. The topological polar surface area (TPSA) is 66.7 Å². The minimum Gasteiger partial charge on any atom is -0.492 e. The Morgan fingerprint density at radius 2 is 1.88 bits per heavy atom. The normalized spacial score (nSPS) is 11.2. The van der Waals surface area contributed by atoms with Gasteiger partial charge in [-0.05, 0) is 68.9 Å². The van der Waals surface area contributed by atoms with Gasteiger partial charge in [0.05, 0.1) is 12.2 Å². The average Bonchev–Trinajstić information content (AvgIpc) is 3.33. The van der Waals surface area contributed by atoms with Crippen LogP contribution in [-0.2, 0) is 13.0 Å². The molecule has 0 aliphatic rings. The molecular weight excluding hydrogens is 527 g/mol. The highest BCUT2D eigenvalue weighted by atomic mass is 127. The molecule has 0 unspecified atom stereocenters. The Morgan fingerprint density at radius 1 is 1.06 bits per heavy atom. The van der Waals surface area contributed by atoms with Gasteiger partial charge in [0, 0.05) is 32.0 Å². The Kier molecular flexibility index (Phi) is 11.7. The van der Waals surface area contributed by atoms with Crippen molar-refractivity contribution >= 4 is 29.9 Å². The summed E-state index contributed by atoms with van der Waals surface area (Å²) in [6.45, 7) is 5.86. The number of nitrogens with one attached hydrogen (secondary N) is 2. The van der Waals surface area contributed by atoms with E-state index in [0.717, 1.165) is 49.0 Å². The van der Waals surface area contributed by atoms with Crippen LogP contribution in [0, 0.1) is 0 Å². The maximum Gasteiger partial charge on any atom is 0.191 e. The van der Waals surface area contributed by atoms with E-state index in [2.05, 4.69) is 64.0 Å². The van der Waals surface area contributed by atoms with Gasteiger partial charge in [-0.15, -0.1) is 24.0 Å². The van der Waals surface area contributed by atoms with E-state index in [0.29, 0.717) is 13.2 Å². The zero-order valence-electron chi connectivity index (χ0n) is 19.7. The van der Waals surface area contributed by atoms with Crippen LogP contribution in [0.1, 0.15) is 18.1 Å². The Labute approximate surface area is 214 Å². The summed E-state index contributed by atoms with van der Waals surface area (Å²) >= 11 is 0. The second kappa shape index (κ2) is 14.5. The predicted octanol–water partition coefficient (Wildman–Crippen LogP) is 3.73. The van der Waals surface area contributed by atoms with Crippen molar-refractivity contribution in [3.05, 3.63) is 78.1 Å². The van der Waals surface area contributed by atoms with E-state index in [1.807, 2.05) is 43.2 Å². The lowest BCUT2D eigenvalue weighted by Gasteiger charge is -2.13. The van der Waals surface area contributed by atoms with E-state index in [1.54, 1.807) is 6.20 Å². The van der Waals surface area contributed by atoms with Gasteiger partial charge in [-0.25, -0.2) is 9.67 Å². The lowest BCUT2D eigenvalue weighted by Crippen LogP contribution is -2.38. The summed E-state index contributed by atoms with van der Waals surface area (Å²) in [4.78, 5) is 6.84. The Bertz CT molecular complexity index is 957. The van der Waals surface area contributed by atoms with Gasteiger partial charge in [-0.3, -0.25) is 0 Å². The van der Waals surface area contributed by atoms with E-state index >= 15 is 0 Å². The van der Waals surface area contributed by atoms with Crippen molar-refractivity contribution in [1.29, 1.82) is 0 Å². The molecular formula is C25H35IN6O. The summed E-state index contributed by atoms with van der Waals surface area (Å²) in [6.07, 6.45) is 4.65. The molecule has 0 aliphatic heterocycles. The van der Waals surface area contributed by atoms with E-state index < -0.39 is 0 Å². The molecule has 0 amide bonds. The van der Waals surface area contributed by atoms with Crippen molar-refractivity contribution in [2.75, 3.05) is 40.3 Å². The fourth-order valence-electron chi connectivity index (χ4n) is 3.15. The predicted molar refractivity (Wildman–Crippen MR) is 146 cm³/mol. The van der Waals surface area contributed by atoms with Crippen molar-refractivity contribution in [2.24, 2.45) is 4.99 Å². The number of benzene rings is 2. The first-order valence-electron chi connectivity index (χ1n) is 11.1. The third kappa shape index (κ3) is 9.43. The minimum atomic E-state index is 0. The highest BCUT2D eigenvalue weighted by molar-refractivity contribution is 14.0. The number of hydrogen-bond donors (Lipinski definition) is 2. The van der Waals surface area contributed by atoms with Crippen LogP contribution in [0.2, 0.25) is 0 Å². The smallest absolute Gasteiger partial charge is 0.191 e. The first kappa shape index (κ1) is 26.7. The number of aliphatic imine (C=N–C) groups is 1. The number of halogens is 1. The first-order chi connectivity index (χ1) is 15.6. The van der Waals surface area contributed by atoms with Gasteiger partial charge >= 0.3 is 0 Å². The summed E-state index contributed by atoms with van der Waals surface area (Å²) in [5.41, 5.74) is 3.46. The van der Waals surface area contributed by atoms with Crippen molar-refractivity contribution in [3.63, 3.8) is 0 Å². The molecule has 8 heteroatoms. The minimum absolute atomic E-state index is 0. The quantitative estimate of drug-likeness (QED) is 0.212. The van der Waals surface area contributed by atoms with Crippen LogP contribution >= 0.6 is 24.0 Å². The lowest BCUT2D eigenvalue weighted by molar-refractivity contribution is 0.261. The van der Waals surface area contributed by atoms with E-state index in [-0.39, 0.29) is 24.0 Å². The van der Waals surface area contributed by atoms with Gasteiger partial charge in [-0.2, -0.15) is 5.10 Å². The highest BCUT2D eigenvalue weighted by Crippen LogP contribution is 2.14. The fraction of sp³-hybridized carbons (Fsp3) is 0.360. The number of hydrogen-bond acceptors (Lipinski definition) is 4. The zero-order chi connectivity index (χ0) is 22.6. The van der Waals surface area contributed by atoms with Crippen LogP contribution in [0.25, 0.3) is 5.69 Å². The molecule has 0 saturated heterocycles. The Hall–Kier alpha value is -2.59. The molecule has 0 bridgehead atoms. The Balaban J connectivity index is 0.00000385. The molecule has 0 aliphatic carbocycles. The van der Waals surface area contributed by atoms with Gasteiger partial charge in [-0.1, -0.05) is 24.3 Å². The molecule has 0 fully saturated rings. The van der Waals surface area contributed by atoms with Crippen molar-refractivity contribution in [2.45, 2.75) is 19.9 Å². The number of guanidine groups is 1. The van der Waals surface area contributed by atoms with Crippen LogP contribution in [-0.4, -0.2) is 61.0 Å². The standard InChI is InChI=1S/C25H34N6O.HI/c1-4-26-25(28-20-22-7-5-8-24(19-22)32-18-17-30(2)3)27-15-13-21-9-11-23(12-10-21)31-16-6-14-29-31;/h5-12,14,16,19H,4,13,15,17-18,20H2,1-3H3,(H2,26,27,28);1H. The van der Waals surface area contributed by atoms with Crippen molar-refractivity contribution in [1.82, 2.24) is 25.3 Å². The second-order valence-corrected chi connectivity index (χ2v) is 7.79. The van der Waals surface area contributed by atoms with Crippen LogP contribution in [0.4, 0.5) is 0 Å². The summed E-state index contributed by atoms with van der Waals surface area (Å²) in [5, 5.41) is 11.0. The van der Waals surface area contributed by atoms with Gasteiger partial charge in [0.2, 0.25) is 0 Å². The molecule has 33 heavy (non-hydrogen) atoms. The summed E-state index contributed by atoms with van der Waals surface area (Å²) < 4.78 is 7.69. The summed E-state index contributed by atoms with van der Waals surface area (Å²) in [5.74, 6) is 1.70. The van der Waals surface area contributed by atoms with Crippen LogP contribution in [0.15, 0.2) is 72.0 Å². The number of ether oxygens (including phenoxy) is 1.